The zero-order chi connectivity index (χ0) is 17.9. The topological polar surface area (TPSA) is 76.0 Å². The number of aromatic nitrogens is 2. The van der Waals surface area contributed by atoms with Gasteiger partial charge in [-0.25, -0.2) is 4.39 Å². The Hall–Kier alpha value is -2.96. The molecule has 2 rings (SSSR count). The average Bonchev–Trinajstić information content (AvgIpc) is 2.73. The van der Waals surface area contributed by atoms with E-state index in [-0.39, 0.29) is 17.5 Å². The predicted octanol–water partition coefficient (Wildman–Crippen LogP) is 2.79. The zero-order valence-corrected chi connectivity index (χ0v) is 14.0. The van der Waals surface area contributed by atoms with Gasteiger partial charge in [-0.05, 0) is 38.1 Å². The molecule has 2 N–H and O–H groups in total. The number of carbonyl (C=O) groups excluding carboxylic acids is 2. The minimum Gasteiger partial charge on any atom is -0.324 e. The van der Waals surface area contributed by atoms with E-state index in [1.54, 1.807) is 10.8 Å². The van der Waals surface area contributed by atoms with Gasteiger partial charge in [0, 0.05) is 37.0 Å². The van der Waals surface area contributed by atoms with E-state index in [1.807, 2.05) is 20.9 Å². The van der Waals surface area contributed by atoms with Crippen molar-refractivity contribution < 1.29 is 14.0 Å². The molecular formula is C17H19FN4O2. The molecule has 126 valence electrons. The molecule has 0 saturated carbocycles. The van der Waals surface area contributed by atoms with Gasteiger partial charge in [0.05, 0.1) is 11.4 Å². The van der Waals surface area contributed by atoms with Crippen LogP contribution in [0.5, 0.6) is 0 Å². The molecule has 0 spiro atoms. The number of anilines is 2. The summed E-state index contributed by atoms with van der Waals surface area (Å²) >= 11 is 0. The molecule has 0 atom stereocenters. The summed E-state index contributed by atoms with van der Waals surface area (Å²) in [7, 11) is 1.84. The second-order valence-electron chi connectivity index (χ2n) is 5.41. The number of aryl methyl sites for hydroxylation is 2. The maximum absolute atomic E-state index is 13.6. The van der Waals surface area contributed by atoms with Crippen LogP contribution in [0.4, 0.5) is 15.8 Å². The van der Waals surface area contributed by atoms with E-state index < -0.39 is 5.82 Å². The molecule has 0 radical (unpaired) electrons. The number of rotatable bonds is 4. The molecule has 0 saturated heterocycles. The molecule has 24 heavy (non-hydrogen) atoms. The Balaban J connectivity index is 2.12. The Kier molecular flexibility index (Phi) is 5.13. The minimum absolute atomic E-state index is 0.0169. The van der Waals surface area contributed by atoms with Gasteiger partial charge in [-0.3, -0.25) is 14.3 Å². The third-order valence-corrected chi connectivity index (χ3v) is 3.51. The number of amides is 2. The van der Waals surface area contributed by atoms with E-state index in [0.717, 1.165) is 17.0 Å². The van der Waals surface area contributed by atoms with Crippen LogP contribution in [0.3, 0.4) is 0 Å². The first-order valence-electron chi connectivity index (χ1n) is 7.34. The van der Waals surface area contributed by atoms with Gasteiger partial charge in [-0.2, -0.15) is 5.10 Å². The third-order valence-electron chi connectivity index (χ3n) is 3.51. The second-order valence-corrected chi connectivity index (χ2v) is 5.41. The smallest absolute Gasteiger partial charge is 0.248 e. The first-order chi connectivity index (χ1) is 11.3. The van der Waals surface area contributed by atoms with Gasteiger partial charge in [0.2, 0.25) is 11.8 Å². The first kappa shape index (κ1) is 17.4. The molecule has 7 heteroatoms. The number of hydrogen-bond acceptors (Lipinski definition) is 3. The lowest BCUT2D eigenvalue weighted by Crippen LogP contribution is -2.11. The van der Waals surface area contributed by atoms with Crippen LogP contribution in [-0.4, -0.2) is 21.6 Å². The number of carbonyl (C=O) groups is 2. The molecule has 2 amide bonds. The fourth-order valence-electron chi connectivity index (χ4n) is 2.26. The van der Waals surface area contributed by atoms with Gasteiger partial charge >= 0.3 is 0 Å². The van der Waals surface area contributed by atoms with E-state index in [4.69, 9.17) is 0 Å². The van der Waals surface area contributed by atoms with Crippen LogP contribution in [0, 0.1) is 19.7 Å². The van der Waals surface area contributed by atoms with Crippen LogP contribution in [0.25, 0.3) is 6.08 Å². The molecule has 0 aliphatic carbocycles. The highest BCUT2D eigenvalue weighted by atomic mass is 19.1. The highest BCUT2D eigenvalue weighted by Gasteiger charge is 2.08. The van der Waals surface area contributed by atoms with Crippen molar-refractivity contribution >= 4 is 29.3 Å². The summed E-state index contributed by atoms with van der Waals surface area (Å²) in [4.78, 5) is 23.1. The van der Waals surface area contributed by atoms with E-state index in [9.17, 15) is 14.0 Å². The van der Waals surface area contributed by atoms with Gasteiger partial charge in [0.25, 0.3) is 0 Å². The van der Waals surface area contributed by atoms with Crippen molar-refractivity contribution in [1.29, 1.82) is 0 Å². The van der Waals surface area contributed by atoms with Crippen LogP contribution in [0.2, 0.25) is 0 Å². The summed E-state index contributed by atoms with van der Waals surface area (Å²) < 4.78 is 15.3. The largest absolute Gasteiger partial charge is 0.324 e. The third kappa shape index (κ3) is 4.07. The fraction of sp³-hybridized carbons (Fsp3) is 0.235. The summed E-state index contributed by atoms with van der Waals surface area (Å²) in [6.45, 7) is 5.06. The fourth-order valence-corrected chi connectivity index (χ4v) is 2.26. The van der Waals surface area contributed by atoms with E-state index >= 15 is 0 Å². The number of nitrogens with zero attached hydrogens (tertiary/aromatic N) is 2. The molecule has 0 unspecified atom stereocenters. The molecule has 2 aromatic rings. The summed E-state index contributed by atoms with van der Waals surface area (Å²) in [5.74, 6) is -1.32. The predicted molar refractivity (Wildman–Crippen MR) is 91.0 cm³/mol. The normalized spacial score (nSPS) is 10.9. The second kappa shape index (κ2) is 7.08. The Bertz CT molecular complexity index is 824. The molecule has 0 aliphatic rings. The zero-order valence-electron chi connectivity index (χ0n) is 14.0. The van der Waals surface area contributed by atoms with Crippen LogP contribution >= 0.6 is 0 Å². The van der Waals surface area contributed by atoms with E-state index in [1.165, 1.54) is 31.2 Å². The first-order valence-corrected chi connectivity index (χ1v) is 7.34. The molecule has 0 aliphatic heterocycles. The molecular weight excluding hydrogens is 311 g/mol. The summed E-state index contributed by atoms with van der Waals surface area (Å²) in [5, 5.41) is 9.27. The van der Waals surface area contributed by atoms with Crippen LogP contribution in [0.1, 0.15) is 23.9 Å². The minimum atomic E-state index is -0.569. The van der Waals surface area contributed by atoms with Crippen molar-refractivity contribution in [1.82, 2.24) is 9.78 Å². The molecule has 1 aromatic carbocycles. The molecule has 1 heterocycles. The van der Waals surface area contributed by atoms with Crippen molar-refractivity contribution in [2.24, 2.45) is 7.05 Å². The Morgan fingerprint density at radius 2 is 1.96 bits per heavy atom. The highest BCUT2D eigenvalue weighted by Crippen LogP contribution is 2.20. The standard InChI is InChI=1S/C17H19FN4O2/c1-10-14(11(2)22(4)21-10)6-8-17(24)20-13-5-7-15(18)16(9-13)19-12(3)23/h5-9H,1-4H3,(H,19,23)(H,20,24)/b8-6+. The summed E-state index contributed by atoms with van der Waals surface area (Å²) in [6, 6.07) is 3.97. The quantitative estimate of drug-likeness (QED) is 0.846. The Morgan fingerprint density at radius 3 is 2.54 bits per heavy atom. The molecule has 0 bridgehead atoms. The number of benzene rings is 1. The molecule has 6 nitrogen and oxygen atoms in total. The molecule has 1 aromatic heterocycles. The lowest BCUT2D eigenvalue weighted by molar-refractivity contribution is -0.114. The van der Waals surface area contributed by atoms with Crippen LogP contribution < -0.4 is 10.6 Å². The van der Waals surface area contributed by atoms with Gasteiger partial charge in [-0.1, -0.05) is 0 Å². The monoisotopic (exact) mass is 330 g/mol. The van der Waals surface area contributed by atoms with Crippen molar-refractivity contribution in [2.45, 2.75) is 20.8 Å². The average molecular weight is 330 g/mol. The maximum Gasteiger partial charge on any atom is 0.248 e. The van der Waals surface area contributed by atoms with Gasteiger partial charge in [0.15, 0.2) is 0 Å². The lowest BCUT2D eigenvalue weighted by Gasteiger charge is -2.07. The highest BCUT2D eigenvalue weighted by molar-refractivity contribution is 6.02. The van der Waals surface area contributed by atoms with Gasteiger partial charge in [-0.15, -0.1) is 0 Å². The van der Waals surface area contributed by atoms with Crippen LogP contribution in [0.15, 0.2) is 24.3 Å². The summed E-state index contributed by atoms with van der Waals surface area (Å²) in [6.07, 6.45) is 3.07. The van der Waals surface area contributed by atoms with Gasteiger partial charge < -0.3 is 10.6 Å². The molecule has 0 fully saturated rings. The van der Waals surface area contributed by atoms with E-state index in [0.29, 0.717) is 5.69 Å². The summed E-state index contributed by atoms with van der Waals surface area (Å²) in [5.41, 5.74) is 3.06. The number of hydrogen-bond donors (Lipinski definition) is 2. The van der Waals surface area contributed by atoms with Crippen molar-refractivity contribution in [3.8, 4) is 0 Å². The SMILES string of the molecule is CC(=O)Nc1cc(NC(=O)/C=C/c2c(C)nn(C)c2C)ccc1F. The Labute approximate surface area is 139 Å². The van der Waals surface area contributed by atoms with Crippen molar-refractivity contribution in [2.75, 3.05) is 10.6 Å². The van der Waals surface area contributed by atoms with Gasteiger partial charge in [0.1, 0.15) is 5.82 Å². The Morgan fingerprint density at radius 1 is 1.25 bits per heavy atom. The van der Waals surface area contributed by atoms with Crippen molar-refractivity contribution in [3.63, 3.8) is 0 Å². The number of halogens is 1. The van der Waals surface area contributed by atoms with Crippen molar-refractivity contribution in [3.05, 3.63) is 47.0 Å². The lowest BCUT2D eigenvalue weighted by atomic mass is 10.2. The van der Waals surface area contributed by atoms with E-state index in [2.05, 4.69) is 15.7 Å². The van der Waals surface area contributed by atoms with Crippen LogP contribution in [-0.2, 0) is 16.6 Å². The maximum atomic E-state index is 13.6. The number of nitrogens with one attached hydrogen (secondary N) is 2.